The van der Waals surface area contributed by atoms with Crippen LogP contribution in [0.4, 0.5) is 5.69 Å². The average molecular weight is 628 g/mol. The van der Waals surface area contributed by atoms with Crippen molar-refractivity contribution in [3.05, 3.63) is 212 Å². The van der Waals surface area contributed by atoms with Crippen LogP contribution in [0.25, 0.3) is 55.6 Å². The highest BCUT2D eigenvalue weighted by Crippen LogP contribution is 2.44. The maximum atomic E-state index is 3.95. The zero-order chi connectivity index (χ0) is 32.9. The topological polar surface area (TPSA) is 12.0 Å². The highest BCUT2D eigenvalue weighted by Gasteiger charge is 2.30. The van der Waals surface area contributed by atoms with Gasteiger partial charge in [-0.15, -0.1) is 0 Å². The minimum atomic E-state index is -0.398. The highest BCUT2D eigenvalue weighted by atomic mass is 15.0. The van der Waals surface area contributed by atoms with Crippen LogP contribution >= 0.6 is 0 Å². The summed E-state index contributed by atoms with van der Waals surface area (Å²) in [4.78, 5) is 0. The summed E-state index contributed by atoms with van der Waals surface area (Å²) in [5.41, 5.74) is 14.0. The van der Waals surface area contributed by atoms with Crippen molar-refractivity contribution in [1.29, 1.82) is 0 Å². The molecule has 1 aliphatic carbocycles. The number of benzene rings is 7. The summed E-state index contributed by atoms with van der Waals surface area (Å²) >= 11 is 0. The minimum Gasteiger partial charge on any atom is -0.372 e. The van der Waals surface area contributed by atoms with Crippen LogP contribution in [-0.4, -0.2) is 0 Å². The van der Waals surface area contributed by atoms with Gasteiger partial charge in [0.15, 0.2) is 0 Å². The third kappa shape index (κ3) is 6.27. The fourth-order valence-electron chi connectivity index (χ4n) is 7.03. The van der Waals surface area contributed by atoms with E-state index in [0.717, 1.165) is 12.1 Å². The lowest BCUT2D eigenvalue weighted by atomic mass is 9.80. The lowest BCUT2D eigenvalue weighted by molar-refractivity contribution is 0.618. The summed E-state index contributed by atoms with van der Waals surface area (Å²) in [6.45, 7) is 0. The van der Waals surface area contributed by atoms with E-state index >= 15 is 0 Å². The van der Waals surface area contributed by atoms with Gasteiger partial charge in [0, 0.05) is 5.69 Å². The molecular weight excluding hydrogens is 591 g/mol. The van der Waals surface area contributed by atoms with E-state index in [9.17, 15) is 0 Å². The number of rotatable bonds is 8. The molecule has 7 aromatic carbocycles. The van der Waals surface area contributed by atoms with E-state index in [2.05, 4.69) is 212 Å². The second-order valence-corrected chi connectivity index (χ2v) is 12.7. The molecule has 0 aromatic heterocycles. The molecule has 49 heavy (non-hydrogen) atoms. The smallest absolute Gasteiger partial charge is 0.0847 e. The summed E-state index contributed by atoms with van der Waals surface area (Å²) < 4.78 is 0. The molecule has 1 heteroatoms. The molecule has 0 saturated carbocycles. The minimum absolute atomic E-state index is 0.398. The van der Waals surface area contributed by atoms with Crippen LogP contribution in [0.3, 0.4) is 0 Å². The Kier molecular flexibility index (Phi) is 8.32. The molecule has 0 bridgehead atoms. The molecule has 1 unspecified atom stereocenters. The first-order valence-electron chi connectivity index (χ1n) is 17.0. The Morgan fingerprint density at radius 1 is 0.388 bits per heavy atom. The maximum absolute atomic E-state index is 3.95. The van der Waals surface area contributed by atoms with Gasteiger partial charge in [-0.05, 0) is 98.0 Å². The summed E-state index contributed by atoms with van der Waals surface area (Å²) in [6, 6.07) is 65.6. The molecular formula is C48H37N. The third-order valence-electron chi connectivity index (χ3n) is 9.51. The number of allylic oxidation sites excluding steroid dienone is 2. The predicted octanol–water partition coefficient (Wildman–Crippen LogP) is 12.8. The fraction of sp³-hybridized carbons (Fsp3) is 0.0417. The molecule has 1 N–H and O–H groups in total. The predicted molar refractivity (Wildman–Crippen MR) is 208 cm³/mol. The molecule has 0 amide bonds. The van der Waals surface area contributed by atoms with Crippen molar-refractivity contribution < 1.29 is 0 Å². The molecule has 1 nitrogen and oxygen atoms in total. The van der Waals surface area contributed by atoms with Gasteiger partial charge < -0.3 is 5.32 Å². The lowest BCUT2D eigenvalue weighted by Gasteiger charge is -2.35. The van der Waals surface area contributed by atoms with E-state index < -0.39 is 5.54 Å². The molecule has 7 aromatic rings. The Morgan fingerprint density at radius 2 is 0.898 bits per heavy atom. The monoisotopic (exact) mass is 627 g/mol. The molecule has 0 spiro atoms. The summed E-state index contributed by atoms with van der Waals surface area (Å²) in [6.07, 6.45) is 9.73. The van der Waals surface area contributed by atoms with Gasteiger partial charge in [-0.3, -0.25) is 0 Å². The van der Waals surface area contributed by atoms with Crippen LogP contribution in [0.15, 0.2) is 206 Å². The summed E-state index contributed by atoms with van der Waals surface area (Å²) in [5, 5.41) is 3.95. The zero-order valence-corrected chi connectivity index (χ0v) is 27.3. The molecule has 0 radical (unpaired) electrons. The van der Waals surface area contributed by atoms with Crippen molar-refractivity contribution in [3.63, 3.8) is 0 Å². The van der Waals surface area contributed by atoms with Crippen LogP contribution in [-0.2, 0) is 5.54 Å². The Balaban J connectivity index is 1.28. The normalized spacial score (nSPS) is 15.2. The van der Waals surface area contributed by atoms with Crippen LogP contribution in [0.5, 0.6) is 0 Å². The van der Waals surface area contributed by atoms with Crippen molar-refractivity contribution in [1.82, 2.24) is 0 Å². The van der Waals surface area contributed by atoms with Crippen LogP contribution in [0.2, 0.25) is 0 Å². The van der Waals surface area contributed by atoms with E-state index in [1.54, 1.807) is 0 Å². The Bertz CT molecular complexity index is 2230. The highest BCUT2D eigenvalue weighted by molar-refractivity contribution is 5.97. The molecule has 1 atom stereocenters. The van der Waals surface area contributed by atoms with Gasteiger partial charge >= 0.3 is 0 Å². The quantitative estimate of drug-likeness (QED) is 0.177. The third-order valence-corrected chi connectivity index (χ3v) is 9.51. The molecule has 0 saturated heterocycles. The maximum Gasteiger partial charge on any atom is 0.0847 e. The molecule has 1 aliphatic rings. The molecule has 234 valence electrons. The second-order valence-electron chi connectivity index (χ2n) is 12.7. The van der Waals surface area contributed by atoms with Crippen molar-refractivity contribution in [2.75, 3.05) is 5.32 Å². The van der Waals surface area contributed by atoms with Gasteiger partial charge in [0.05, 0.1) is 5.54 Å². The van der Waals surface area contributed by atoms with E-state index in [-0.39, 0.29) is 0 Å². The van der Waals surface area contributed by atoms with Gasteiger partial charge in [-0.25, -0.2) is 0 Å². The van der Waals surface area contributed by atoms with Gasteiger partial charge in [-0.1, -0.05) is 176 Å². The standard InChI is InChI=1S/C48H37N/c1-6-17-36(18-7-1)38-27-29-44(30-28-38)49-48(31-14-5-15-32-48)43-26-16-25-41(33-43)46-35-42(37-19-8-2-9-20-37)34-45(39-21-10-3-11-22-39)47(46)40-23-12-4-13-24-40/h1-31,33-35,49H,32H2. The van der Waals surface area contributed by atoms with Crippen molar-refractivity contribution in [2.24, 2.45) is 0 Å². The van der Waals surface area contributed by atoms with Gasteiger partial charge in [0.2, 0.25) is 0 Å². The van der Waals surface area contributed by atoms with Crippen molar-refractivity contribution >= 4 is 5.69 Å². The lowest BCUT2D eigenvalue weighted by Crippen LogP contribution is -2.33. The largest absolute Gasteiger partial charge is 0.372 e. The van der Waals surface area contributed by atoms with Gasteiger partial charge in [-0.2, -0.15) is 0 Å². The molecule has 0 aliphatic heterocycles. The summed E-state index contributed by atoms with van der Waals surface area (Å²) in [7, 11) is 0. The number of nitrogens with one attached hydrogen (secondary N) is 1. The van der Waals surface area contributed by atoms with Gasteiger partial charge in [0.25, 0.3) is 0 Å². The van der Waals surface area contributed by atoms with E-state index in [1.807, 2.05) is 0 Å². The average Bonchev–Trinajstić information content (AvgIpc) is 3.19. The SMILES string of the molecule is C1=CCC(Nc2ccc(-c3ccccc3)cc2)(c2cccc(-c3cc(-c4ccccc4)cc(-c4ccccc4)c3-c3ccccc3)c2)C=C1. The summed E-state index contributed by atoms with van der Waals surface area (Å²) in [5.74, 6) is 0. The van der Waals surface area contributed by atoms with Gasteiger partial charge in [0.1, 0.15) is 0 Å². The van der Waals surface area contributed by atoms with Crippen LogP contribution in [0.1, 0.15) is 12.0 Å². The zero-order valence-electron chi connectivity index (χ0n) is 27.3. The van der Waals surface area contributed by atoms with E-state index in [0.29, 0.717) is 0 Å². The van der Waals surface area contributed by atoms with E-state index in [1.165, 1.54) is 61.2 Å². The second kappa shape index (κ2) is 13.5. The molecule has 0 fully saturated rings. The van der Waals surface area contributed by atoms with Crippen molar-refractivity contribution in [3.8, 4) is 55.6 Å². The fourth-order valence-corrected chi connectivity index (χ4v) is 7.03. The Labute approximate surface area is 289 Å². The van der Waals surface area contributed by atoms with E-state index in [4.69, 9.17) is 0 Å². The number of hydrogen-bond donors (Lipinski definition) is 1. The van der Waals surface area contributed by atoms with Crippen LogP contribution < -0.4 is 5.32 Å². The Hall–Kier alpha value is -6.18. The number of hydrogen-bond acceptors (Lipinski definition) is 1. The Morgan fingerprint density at radius 3 is 1.49 bits per heavy atom. The first kappa shape index (κ1) is 30.2. The van der Waals surface area contributed by atoms with Crippen molar-refractivity contribution in [2.45, 2.75) is 12.0 Å². The van der Waals surface area contributed by atoms with Crippen LogP contribution in [0, 0.1) is 0 Å². The molecule has 8 rings (SSSR count). The first-order valence-corrected chi connectivity index (χ1v) is 17.0. The first-order chi connectivity index (χ1) is 24.3. The molecule has 0 heterocycles. The number of anilines is 1.